The number of rotatable bonds is 1. The van der Waals surface area contributed by atoms with Crippen molar-refractivity contribution < 1.29 is 13.6 Å². The van der Waals surface area contributed by atoms with Crippen molar-refractivity contribution in [2.24, 2.45) is 0 Å². The first kappa shape index (κ1) is 6.33. The van der Waals surface area contributed by atoms with E-state index in [9.17, 15) is 13.6 Å². The molecular weight excluding hydrogens is 104 g/mol. The molecule has 4 heteroatoms. The summed E-state index contributed by atoms with van der Waals surface area (Å²) in [6, 6.07) is 0. The zero-order chi connectivity index (χ0) is 5.86. The van der Waals surface area contributed by atoms with Crippen LogP contribution in [0.1, 0.15) is 0 Å². The maximum absolute atomic E-state index is 11.1. The van der Waals surface area contributed by atoms with E-state index in [1.807, 2.05) is 0 Å². The van der Waals surface area contributed by atoms with Crippen LogP contribution >= 0.6 is 0 Å². The van der Waals surface area contributed by atoms with E-state index in [2.05, 4.69) is 0 Å². The molecule has 0 fully saturated rings. The number of amides is 1. The standard InChI is InChI=1S/C3H5F2NO/c1-6(2-4)3(5)7/h2H2,1H3. The van der Waals surface area contributed by atoms with Crippen LogP contribution in [0.3, 0.4) is 0 Å². The van der Waals surface area contributed by atoms with Gasteiger partial charge in [0.15, 0.2) is 6.80 Å². The molecule has 0 aromatic rings. The maximum Gasteiger partial charge on any atom is 0.401 e. The van der Waals surface area contributed by atoms with E-state index < -0.39 is 13.0 Å². The third-order valence-corrected chi connectivity index (χ3v) is 0.479. The predicted molar refractivity (Wildman–Crippen MR) is 20.2 cm³/mol. The van der Waals surface area contributed by atoms with E-state index >= 15 is 0 Å². The SMILES string of the molecule is CN(CF)C(=O)F. The van der Waals surface area contributed by atoms with Crippen LogP contribution in [0.5, 0.6) is 0 Å². The molecule has 7 heavy (non-hydrogen) atoms. The van der Waals surface area contributed by atoms with E-state index in [1.165, 1.54) is 0 Å². The molecule has 1 amide bonds. The minimum atomic E-state index is -1.75. The second kappa shape index (κ2) is 2.49. The molecule has 0 aromatic heterocycles. The normalized spacial score (nSPS) is 8.43. The van der Waals surface area contributed by atoms with Gasteiger partial charge in [0.1, 0.15) is 0 Å². The summed E-state index contributed by atoms with van der Waals surface area (Å²) in [7, 11) is 1.03. The van der Waals surface area contributed by atoms with Gasteiger partial charge in [-0.15, -0.1) is 4.39 Å². The van der Waals surface area contributed by atoms with Crippen LogP contribution in [0, 0.1) is 0 Å². The van der Waals surface area contributed by atoms with E-state index in [1.54, 1.807) is 0 Å². The lowest BCUT2D eigenvalue weighted by Gasteiger charge is -2.02. The van der Waals surface area contributed by atoms with E-state index in [0.29, 0.717) is 4.90 Å². The molecule has 0 N–H and O–H groups in total. The highest BCUT2D eigenvalue weighted by Gasteiger charge is 2.01. The van der Waals surface area contributed by atoms with Crippen LogP contribution in [-0.4, -0.2) is 24.9 Å². The van der Waals surface area contributed by atoms with Crippen molar-refractivity contribution in [3.05, 3.63) is 0 Å². The largest absolute Gasteiger partial charge is 0.401 e. The Bertz CT molecular complexity index is 75.3. The molecular formula is C3H5F2NO. The summed E-state index contributed by atoms with van der Waals surface area (Å²) in [6.45, 7) is -1.07. The monoisotopic (exact) mass is 109 g/mol. The van der Waals surface area contributed by atoms with Gasteiger partial charge in [0, 0.05) is 7.05 Å². The Balaban J connectivity index is 3.34. The predicted octanol–water partition coefficient (Wildman–Crippen LogP) is 0.935. The minimum absolute atomic E-state index is 0.319. The Morgan fingerprint density at radius 1 is 1.86 bits per heavy atom. The zero-order valence-corrected chi connectivity index (χ0v) is 3.82. The van der Waals surface area contributed by atoms with Crippen molar-refractivity contribution in [3.63, 3.8) is 0 Å². The van der Waals surface area contributed by atoms with Crippen LogP contribution in [0.15, 0.2) is 0 Å². The number of halogens is 2. The molecule has 0 bridgehead atoms. The van der Waals surface area contributed by atoms with Gasteiger partial charge in [0.05, 0.1) is 0 Å². The van der Waals surface area contributed by atoms with Gasteiger partial charge in [-0.25, -0.2) is 9.18 Å². The average Bonchev–Trinajstić information content (AvgIpc) is 1.65. The van der Waals surface area contributed by atoms with Crippen molar-refractivity contribution >= 4 is 6.16 Å². The molecule has 0 saturated carbocycles. The lowest BCUT2D eigenvalue weighted by Crippen LogP contribution is -2.19. The average molecular weight is 109 g/mol. The number of carbonyl (C=O) groups is 1. The molecule has 0 spiro atoms. The van der Waals surface area contributed by atoms with Crippen molar-refractivity contribution in [1.82, 2.24) is 4.90 Å². The molecule has 0 aliphatic carbocycles. The Kier molecular flexibility index (Phi) is 2.26. The van der Waals surface area contributed by atoms with Gasteiger partial charge in [-0.05, 0) is 0 Å². The fourth-order valence-electron chi connectivity index (χ4n) is 0.0470. The van der Waals surface area contributed by atoms with Gasteiger partial charge in [-0.2, -0.15) is 0 Å². The second-order valence-corrected chi connectivity index (χ2v) is 1.07. The number of carbonyl (C=O) groups excluding carboxylic acids is 1. The molecule has 2 nitrogen and oxygen atoms in total. The Labute approximate surface area is 39.7 Å². The topological polar surface area (TPSA) is 20.3 Å². The van der Waals surface area contributed by atoms with Crippen molar-refractivity contribution in [2.75, 3.05) is 13.8 Å². The molecule has 0 saturated heterocycles. The lowest BCUT2D eigenvalue weighted by molar-refractivity contribution is 0.164. The lowest BCUT2D eigenvalue weighted by atomic mass is 10.9. The van der Waals surface area contributed by atoms with Crippen LogP contribution in [0.2, 0.25) is 0 Å². The molecule has 0 unspecified atom stereocenters. The Morgan fingerprint density at radius 3 is 2.29 bits per heavy atom. The van der Waals surface area contributed by atoms with Crippen molar-refractivity contribution in [1.29, 1.82) is 0 Å². The second-order valence-electron chi connectivity index (χ2n) is 1.07. The summed E-state index contributed by atoms with van der Waals surface area (Å²) in [5, 5.41) is 0. The number of nitrogens with zero attached hydrogens (tertiary/aromatic N) is 1. The molecule has 0 rings (SSSR count). The molecule has 42 valence electrons. The third-order valence-electron chi connectivity index (χ3n) is 0.479. The smallest absolute Gasteiger partial charge is 0.290 e. The number of hydrogen-bond acceptors (Lipinski definition) is 1. The summed E-state index contributed by atoms with van der Waals surface area (Å²) in [6.07, 6.45) is -1.75. The number of alkyl halides is 1. The summed E-state index contributed by atoms with van der Waals surface area (Å²) < 4.78 is 22.2. The van der Waals surface area contributed by atoms with E-state index in [4.69, 9.17) is 0 Å². The molecule has 0 aliphatic rings. The van der Waals surface area contributed by atoms with Gasteiger partial charge in [0.25, 0.3) is 0 Å². The van der Waals surface area contributed by atoms with Gasteiger partial charge >= 0.3 is 6.16 Å². The van der Waals surface area contributed by atoms with Crippen molar-refractivity contribution in [3.8, 4) is 0 Å². The molecule has 0 aromatic carbocycles. The first-order valence-electron chi connectivity index (χ1n) is 1.65. The van der Waals surface area contributed by atoms with Crippen LogP contribution in [0.4, 0.5) is 13.6 Å². The first-order valence-corrected chi connectivity index (χ1v) is 1.65. The molecule has 0 atom stereocenters. The van der Waals surface area contributed by atoms with E-state index in [0.717, 1.165) is 7.05 Å². The quantitative estimate of drug-likeness (QED) is 0.362. The zero-order valence-electron chi connectivity index (χ0n) is 3.82. The van der Waals surface area contributed by atoms with Gasteiger partial charge in [-0.1, -0.05) is 0 Å². The highest BCUT2D eigenvalue weighted by atomic mass is 19.1. The fraction of sp³-hybridized carbons (Fsp3) is 0.667. The summed E-state index contributed by atoms with van der Waals surface area (Å²) >= 11 is 0. The third kappa shape index (κ3) is 2.08. The summed E-state index contributed by atoms with van der Waals surface area (Å²) in [4.78, 5) is 9.71. The fourth-order valence-corrected chi connectivity index (χ4v) is 0.0470. The van der Waals surface area contributed by atoms with Gasteiger partial charge < -0.3 is 0 Å². The number of hydrogen-bond donors (Lipinski definition) is 0. The van der Waals surface area contributed by atoms with Crippen LogP contribution in [0.25, 0.3) is 0 Å². The first-order chi connectivity index (χ1) is 3.18. The minimum Gasteiger partial charge on any atom is -0.290 e. The van der Waals surface area contributed by atoms with E-state index in [-0.39, 0.29) is 0 Å². The van der Waals surface area contributed by atoms with Crippen LogP contribution in [-0.2, 0) is 0 Å². The van der Waals surface area contributed by atoms with Crippen molar-refractivity contribution in [2.45, 2.75) is 0 Å². The summed E-state index contributed by atoms with van der Waals surface area (Å²) in [5.74, 6) is 0. The molecule has 0 aliphatic heterocycles. The highest BCUT2D eigenvalue weighted by Crippen LogP contribution is 1.85. The molecule has 0 heterocycles. The summed E-state index contributed by atoms with van der Waals surface area (Å²) in [5.41, 5.74) is 0. The Morgan fingerprint density at radius 2 is 2.29 bits per heavy atom. The van der Waals surface area contributed by atoms with Gasteiger partial charge in [0.2, 0.25) is 0 Å². The molecule has 0 radical (unpaired) electrons. The maximum atomic E-state index is 11.1. The highest BCUT2D eigenvalue weighted by molar-refractivity contribution is 5.65. The Hall–Kier alpha value is -0.670. The van der Waals surface area contributed by atoms with Crippen LogP contribution < -0.4 is 0 Å². The van der Waals surface area contributed by atoms with Gasteiger partial charge in [-0.3, -0.25) is 4.90 Å².